The standard InChI is InChI=1S/C12H17N3O2S/c1-2-4-10(16)13-7-11(17)15-12-14-8-5-3-6-9(8)18-12/h2-7H2,1H3,(H,13,16)(H,14,15,17). The van der Waals surface area contributed by atoms with Gasteiger partial charge in [-0.05, 0) is 25.7 Å². The van der Waals surface area contributed by atoms with E-state index in [1.54, 1.807) is 0 Å². The summed E-state index contributed by atoms with van der Waals surface area (Å²) in [7, 11) is 0. The van der Waals surface area contributed by atoms with Gasteiger partial charge in [-0.1, -0.05) is 6.92 Å². The summed E-state index contributed by atoms with van der Waals surface area (Å²) in [5, 5.41) is 5.95. The second-order valence-corrected chi connectivity index (χ2v) is 5.40. The van der Waals surface area contributed by atoms with Gasteiger partial charge in [0.25, 0.3) is 0 Å². The smallest absolute Gasteiger partial charge is 0.245 e. The van der Waals surface area contributed by atoms with Gasteiger partial charge < -0.3 is 10.6 Å². The summed E-state index contributed by atoms with van der Waals surface area (Å²) >= 11 is 1.54. The number of nitrogens with one attached hydrogen (secondary N) is 2. The number of carbonyl (C=O) groups excluding carboxylic acids is 2. The molecule has 1 heterocycles. The Morgan fingerprint density at radius 3 is 2.89 bits per heavy atom. The molecular formula is C12H17N3O2S. The van der Waals surface area contributed by atoms with E-state index in [1.165, 1.54) is 16.2 Å². The Bertz CT molecular complexity index is 435. The molecular weight excluding hydrogens is 250 g/mol. The SMILES string of the molecule is CCCC(=O)NCC(=O)Nc1nc2c(s1)CCC2. The molecule has 2 amide bonds. The number of anilines is 1. The predicted octanol–water partition coefficient (Wildman–Crippen LogP) is 1.49. The van der Waals surface area contributed by atoms with Crippen LogP contribution in [0.2, 0.25) is 0 Å². The fourth-order valence-electron chi connectivity index (χ4n) is 1.90. The van der Waals surface area contributed by atoms with Crippen molar-refractivity contribution in [2.45, 2.75) is 39.0 Å². The summed E-state index contributed by atoms with van der Waals surface area (Å²) in [5.41, 5.74) is 1.12. The molecule has 1 aromatic heterocycles. The molecule has 1 aromatic rings. The van der Waals surface area contributed by atoms with E-state index in [1.807, 2.05) is 6.92 Å². The van der Waals surface area contributed by atoms with Crippen LogP contribution in [-0.4, -0.2) is 23.3 Å². The van der Waals surface area contributed by atoms with Crippen LogP contribution in [0.5, 0.6) is 0 Å². The first kappa shape index (κ1) is 13.0. The van der Waals surface area contributed by atoms with Crippen molar-refractivity contribution >= 4 is 28.3 Å². The molecule has 0 saturated carbocycles. The van der Waals surface area contributed by atoms with Crippen LogP contribution < -0.4 is 10.6 Å². The van der Waals surface area contributed by atoms with E-state index in [0.29, 0.717) is 11.6 Å². The Labute approximate surface area is 110 Å². The second kappa shape index (κ2) is 5.95. The minimum atomic E-state index is -0.216. The predicted molar refractivity (Wildman–Crippen MR) is 70.7 cm³/mol. The van der Waals surface area contributed by atoms with Gasteiger partial charge in [0.05, 0.1) is 12.2 Å². The lowest BCUT2D eigenvalue weighted by Crippen LogP contribution is -2.32. The van der Waals surface area contributed by atoms with Crippen molar-refractivity contribution in [2.24, 2.45) is 0 Å². The number of thiazole rings is 1. The van der Waals surface area contributed by atoms with Gasteiger partial charge in [0, 0.05) is 11.3 Å². The number of amides is 2. The van der Waals surface area contributed by atoms with E-state index in [2.05, 4.69) is 15.6 Å². The van der Waals surface area contributed by atoms with Gasteiger partial charge in [0.1, 0.15) is 0 Å². The number of rotatable bonds is 5. The lowest BCUT2D eigenvalue weighted by Gasteiger charge is -2.03. The summed E-state index contributed by atoms with van der Waals surface area (Å²) in [5.74, 6) is -0.304. The topological polar surface area (TPSA) is 71.1 Å². The van der Waals surface area contributed by atoms with Crippen LogP contribution in [0.4, 0.5) is 5.13 Å². The first-order valence-corrected chi connectivity index (χ1v) is 7.06. The highest BCUT2D eigenvalue weighted by atomic mass is 32.1. The van der Waals surface area contributed by atoms with E-state index in [0.717, 1.165) is 31.4 Å². The summed E-state index contributed by atoms with van der Waals surface area (Å²) < 4.78 is 0. The Morgan fingerprint density at radius 1 is 1.33 bits per heavy atom. The van der Waals surface area contributed by atoms with Gasteiger partial charge >= 0.3 is 0 Å². The van der Waals surface area contributed by atoms with Crippen LogP contribution in [0.15, 0.2) is 0 Å². The molecule has 1 aliphatic carbocycles. The van der Waals surface area contributed by atoms with Crippen LogP contribution in [-0.2, 0) is 22.4 Å². The second-order valence-electron chi connectivity index (χ2n) is 4.32. The fraction of sp³-hybridized carbons (Fsp3) is 0.583. The molecule has 0 spiro atoms. The minimum absolute atomic E-state index is 0.0169. The zero-order valence-electron chi connectivity index (χ0n) is 10.4. The molecule has 98 valence electrons. The van der Waals surface area contributed by atoms with Crippen molar-refractivity contribution in [2.75, 3.05) is 11.9 Å². The van der Waals surface area contributed by atoms with Crippen LogP contribution >= 0.6 is 11.3 Å². The molecule has 1 aliphatic rings. The third kappa shape index (κ3) is 3.29. The van der Waals surface area contributed by atoms with Crippen molar-refractivity contribution in [1.82, 2.24) is 10.3 Å². The molecule has 0 radical (unpaired) electrons. The van der Waals surface area contributed by atoms with Crippen molar-refractivity contribution in [1.29, 1.82) is 0 Å². The molecule has 0 fully saturated rings. The van der Waals surface area contributed by atoms with Crippen molar-refractivity contribution in [3.63, 3.8) is 0 Å². The summed E-state index contributed by atoms with van der Waals surface area (Å²) in [6.45, 7) is 1.94. The maximum absolute atomic E-state index is 11.6. The summed E-state index contributed by atoms with van der Waals surface area (Å²) in [6.07, 6.45) is 4.48. The molecule has 2 rings (SSSR count). The number of aromatic nitrogens is 1. The van der Waals surface area contributed by atoms with E-state index in [4.69, 9.17) is 0 Å². The molecule has 0 aromatic carbocycles. The van der Waals surface area contributed by atoms with Crippen molar-refractivity contribution < 1.29 is 9.59 Å². The molecule has 2 N–H and O–H groups in total. The van der Waals surface area contributed by atoms with Gasteiger partial charge in [-0.3, -0.25) is 9.59 Å². The number of carbonyl (C=O) groups is 2. The average Bonchev–Trinajstić information content (AvgIpc) is 2.87. The lowest BCUT2D eigenvalue weighted by atomic mass is 10.3. The third-order valence-corrected chi connectivity index (χ3v) is 3.84. The molecule has 0 saturated heterocycles. The molecule has 5 nitrogen and oxygen atoms in total. The Morgan fingerprint density at radius 2 is 2.17 bits per heavy atom. The maximum atomic E-state index is 11.6. The van der Waals surface area contributed by atoms with E-state index in [9.17, 15) is 9.59 Å². The molecule has 18 heavy (non-hydrogen) atoms. The number of nitrogens with zero attached hydrogens (tertiary/aromatic N) is 1. The third-order valence-electron chi connectivity index (χ3n) is 2.77. The molecule has 0 aliphatic heterocycles. The van der Waals surface area contributed by atoms with Crippen LogP contribution in [0.3, 0.4) is 0 Å². The maximum Gasteiger partial charge on any atom is 0.245 e. The number of hydrogen-bond donors (Lipinski definition) is 2. The Kier molecular flexibility index (Phi) is 4.30. The van der Waals surface area contributed by atoms with E-state index >= 15 is 0 Å². The normalized spacial score (nSPS) is 13.2. The van der Waals surface area contributed by atoms with Gasteiger partial charge in [0.2, 0.25) is 11.8 Å². The monoisotopic (exact) mass is 267 g/mol. The summed E-state index contributed by atoms with van der Waals surface area (Å²) in [6, 6.07) is 0. The van der Waals surface area contributed by atoms with Gasteiger partial charge in [-0.2, -0.15) is 0 Å². The van der Waals surface area contributed by atoms with Crippen LogP contribution in [0.1, 0.15) is 36.8 Å². The average molecular weight is 267 g/mol. The number of aryl methyl sites for hydroxylation is 2. The first-order chi connectivity index (χ1) is 8.69. The minimum Gasteiger partial charge on any atom is -0.347 e. The highest BCUT2D eigenvalue weighted by Gasteiger charge is 2.17. The van der Waals surface area contributed by atoms with Gasteiger partial charge in [0.15, 0.2) is 5.13 Å². The molecule has 0 unspecified atom stereocenters. The number of hydrogen-bond acceptors (Lipinski definition) is 4. The van der Waals surface area contributed by atoms with Crippen molar-refractivity contribution in [3.05, 3.63) is 10.6 Å². The molecule has 6 heteroatoms. The highest BCUT2D eigenvalue weighted by molar-refractivity contribution is 7.15. The lowest BCUT2D eigenvalue weighted by molar-refractivity contribution is -0.124. The number of fused-ring (bicyclic) bond motifs is 1. The van der Waals surface area contributed by atoms with E-state index in [-0.39, 0.29) is 18.4 Å². The fourth-order valence-corrected chi connectivity index (χ4v) is 2.97. The Hall–Kier alpha value is -1.43. The quantitative estimate of drug-likeness (QED) is 0.849. The zero-order chi connectivity index (χ0) is 13.0. The molecule has 0 atom stereocenters. The largest absolute Gasteiger partial charge is 0.347 e. The first-order valence-electron chi connectivity index (χ1n) is 6.24. The van der Waals surface area contributed by atoms with Crippen molar-refractivity contribution in [3.8, 4) is 0 Å². The van der Waals surface area contributed by atoms with Gasteiger partial charge in [-0.15, -0.1) is 11.3 Å². The van der Waals surface area contributed by atoms with Crippen LogP contribution in [0, 0.1) is 0 Å². The molecule has 0 bridgehead atoms. The van der Waals surface area contributed by atoms with Crippen LogP contribution in [0.25, 0.3) is 0 Å². The zero-order valence-corrected chi connectivity index (χ0v) is 11.2. The van der Waals surface area contributed by atoms with Gasteiger partial charge in [-0.25, -0.2) is 4.98 Å². The highest BCUT2D eigenvalue weighted by Crippen LogP contribution is 2.30. The summed E-state index contributed by atoms with van der Waals surface area (Å²) in [4.78, 5) is 28.4. The Balaban J connectivity index is 1.78. The van der Waals surface area contributed by atoms with E-state index < -0.39 is 0 Å².